The van der Waals surface area contributed by atoms with Gasteiger partial charge in [-0.15, -0.1) is 0 Å². The second-order valence-electron chi connectivity index (χ2n) is 8.00. The predicted octanol–water partition coefficient (Wildman–Crippen LogP) is 2.71. The lowest BCUT2D eigenvalue weighted by atomic mass is 10.0. The molecular weight excluding hydrogens is 442 g/mol. The van der Waals surface area contributed by atoms with Crippen molar-refractivity contribution < 1.29 is 22.4 Å². The van der Waals surface area contributed by atoms with E-state index in [2.05, 4.69) is 10.0 Å². The molecule has 4 rings (SSSR count). The number of aryl methyl sites for hydroxylation is 1. The van der Waals surface area contributed by atoms with Crippen molar-refractivity contribution in [2.75, 3.05) is 12.4 Å². The molecule has 172 valence electrons. The SMILES string of the molecule is CN(Cc1ccco1)C(=O)[C@H](Cc1ccccc1)NS(=O)(=O)c1ccc2c(c1)CCC(=O)N2. The summed E-state index contributed by atoms with van der Waals surface area (Å²) < 4.78 is 34.4. The van der Waals surface area contributed by atoms with Crippen LogP contribution in [0.25, 0.3) is 0 Å². The Morgan fingerprint density at radius 1 is 1.12 bits per heavy atom. The number of anilines is 1. The Hall–Kier alpha value is -3.43. The Labute approximate surface area is 192 Å². The Bertz CT molecular complexity index is 1240. The normalized spacial score (nSPS) is 14.3. The van der Waals surface area contributed by atoms with Gasteiger partial charge in [-0.05, 0) is 54.3 Å². The average Bonchev–Trinajstić information content (AvgIpc) is 3.31. The van der Waals surface area contributed by atoms with Crippen LogP contribution in [0.15, 0.2) is 76.2 Å². The summed E-state index contributed by atoms with van der Waals surface area (Å²) in [5.41, 5.74) is 2.19. The first-order valence-corrected chi connectivity index (χ1v) is 12.1. The number of rotatable bonds is 8. The molecule has 0 bridgehead atoms. The molecule has 8 nitrogen and oxygen atoms in total. The van der Waals surface area contributed by atoms with Crippen molar-refractivity contribution >= 4 is 27.5 Å². The Kier molecular flexibility index (Phi) is 6.62. The number of benzene rings is 2. The summed E-state index contributed by atoms with van der Waals surface area (Å²) in [6, 6.07) is 16.3. The number of hydrogen-bond donors (Lipinski definition) is 2. The van der Waals surface area contributed by atoms with Crippen LogP contribution in [0.1, 0.15) is 23.3 Å². The quantitative estimate of drug-likeness (QED) is 0.530. The summed E-state index contributed by atoms with van der Waals surface area (Å²) >= 11 is 0. The standard InChI is InChI=1S/C24H25N3O5S/c1-27(16-19-8-5-13-32-19)24(29)22(14-17-6-3-2-4-7-17)26-33(30,31)20-10-11-21-18(15-20)9-12-23(28)25-21/h2-8,10-11,13,15,22,26H,9,12,14,16H2,1H3,(H,25,28)/t22-/m0/s1. The lowest BCUT2D eigenvalue weighted by molar-refractivity contribution is -0.132. The van der Waals surface area contributed by atoms with Crippen molar-refractivity contribution in [3.63, 3.8) is 0 Å². The van der Waals surface area contributed by atoms with E-state index in [1.54, 1.807) is 31.3 Å². The summed E-state index contributed by atoms with van der Waals surface area (Å²) in [6.45, 7) is 0.220. The fourth-order valence-electron chi connectivity index (χ4n) is 3.79. The summed E-state index contributed by atoms with van der Waals surface area (Å²) in [6.07, 6.45) is 2.48. The molecule has 0 aliphatic carbocycles. The van der Waals surface area contributed by atoms with Gasteiger partial charge >= 0.3 is 0 Å². The largest absolute Gasteiger partial charge is 0.467 e. The van der Waals surface area contributed by atoms with E-state index in [0.717, 1.165) is 11.1 Å². The number of carbonyl (C=O) groups excluding carboxylic acids is 2. The van der Waals surface area contributed by atoms with Gasteiger partial charge in [0.15, 0.2) is 0 Å². The smallest absolute Gasteiger partial charge is 0.241 e. The topological polar surface area (TPSA) is 109 Å². The maximum Gasteiger partial charge on any atom is 0.241 e. The van der Waals surface area contributed by atoms with Crippen molar-refractivity contribution in [3.8, 4) is 0 Å². The first-order chi connectivity index (χ1) is 15.8. The average molecular weight is 468 g/mol. The molecule has 1 atom stereocenters. The van der Waals surface area contributed by atoms with Crippen LogP contribution < -0.4 is 10.0 Å². The number of likely N-dealkylation sites (N-methyl/N-ethyl adjacent to an activating group) is 1. The molecular formula is C24H25N3O5S. The van der Waals surface area contributed by atoms with E-state index in [-0.39, 0.29) is 29.7 Å². The molecule has 2 aromatic carbocycles. The van der Waals surface area contributed by atoms with Crippen molar-refractivity contribution in [1.29, 1.82) is 0 Å². The highest BCUT2D eigenvalue weighted by Crippen LogP contribution is 2.25. The summed E-state index contributed by atoms with van der Waals surface area (Å²) in [5, 5.41) is 2.74. The molecule has 33 heavy (non-hydrogen) atoms. The summed E-state index contributed by atoms with van der Waals surface area (Å²) in [4.78, 5) is 26.3. The molecule has 0 saturated heterocycles. The number of carbonyl (C=O) groups is 2. The number of sulfonamides is 1. The molecule has 2 heterocycles. The zero-order valence-corrected chi connectivity index (χ0v) is 19.0. The van der Waals surface area contributed by atoms with Crippen LogP contribution in [0.5, 0.6) is 0 Å². The Balaban J connectivity index is 1.58. The fraction of sp³-hybridized carbons (Fsp3) is 0.250. The van der Waals surface area contributed by atoms with Crippen LogP contribution >= 0.6 is 0 Å². The third-order valence-electron chi connectivity index (χ3n) is 5.51. The van der Waals surface area contributed by atoms with E-state index in [1.807, 2.05) is 30.3 Å². The fourth-order valence-corrected chi connectivity index (χ4v) is 5.03. The molecule has 0 spiro atoms. The van der Waals surface area contributed by atoms with Crippen molar-refractivity contribution in [2.45, 2.75) is 36.7 Å². The lowest BCUT2D eigenvalue weighted by Crippen LogP contribution is -2.48. The first-order valence-electron chi connectivity index (χ1n) is 10.6. The number of nitrogens with zero attached hydrogens (tertiary/aromatic N) is 1. The second kappa shape index (κ2) is 9.60. The zero-order valence-electron chi connectivity index (χ0n) is 18.2. The van der Waals surface area contributed by atoms with E-state index >= 15 is 0 Å². The lowest BCUT2D eigenvalue weighted by Gasteiger charge is -2.24. The molecule has 2 N–H and O–H groups in total. The summed E-state index contributed by atoms with van der Waals surface area (Å²) in [7, 11) is -2.39. The highest BCUT2D eigenvalue weighted by atomic mass is 32.2. The minimum Gasteiger partial charge on any atom is -0.467 e. The molecule has 3 aromatic rings. The van der Waals surface area contributed by atoms with E-state index in [9.17, 15) is 18.0 Å². The Morgan fingerprint density at radius 2 is 1.91 bits per heavy atom. The van der Waals surface area contributed by atoms with Crippen molar-refractivity contribution in [2.24, 2.45) is 0 Å². The number of amides is 2. The second-order valence-corrected chi connectivity index (χ2v) is 9.72. The molecule has 0 fully saturated rings. The third kappa shape index (κ3) is 5.50. The maximum atomic E-state index is 13.3. The Morgan fingerprint density at radius 3 is 2.64 bits per heavy atom. The van der Waals surface area contributed by atoms with Crippen LogP contribution in [0.3, 0.4) is 0 Å². The minimum absolute atomic E-state index is 0.0527. The monoisotopic (exact) mass is 467 g/mol. The number of nitrogens with one attached hydrogen (secondary N) is 2. The van der Waals surface area contributed by atoms with Crippen molar-refractivity contribution in [1.82, 2.24) is 9.62 Å². The van der Waals surface area contributed by atoms with Crippen LogP contribution in [-0.4, -0.2) is 38.2 Å². The van der Waals surface area contributed by atoms with Crippen LogP contribution in [0.2, 0.25) is 0 Å². The van der Waals surface area contributed by atoms with E-state index in [1.165, 1.54) is 17.2 Å². The van der Waals surface area contributed by atoms with Gasteiger partial charge in [-0.25, -0.2) is 8.42 Å². The van der Waals surface area contributed by atoms with E-state index < -0.39 is 16.1 Å². The van der Waals surface area contributed by atoms with Gasteiger partial charge < -0.3 is 14.6 Å². The predicted molar refractivity (Wildman–Crippen MR) is 123 cm³/mol. The molecule has 0 radical (unpaired) electrons. The van der Waals surface area contributed by atoms with Crippen LogP contribution in [0, 0.1) is 0 Å². The summed E-state index contributed by atoms with van der Waals surface area (Å²) in [5.74, 6) is 0.136. The maximum absolute atomic E-state index is 13.3. The number of furan rings is 1. The van der Waals surface area contributed by atoms with Gasteiger partial charge in [-0.3, -0.25) is 9.59 Å². The highest BCUT2D eigenvalue weighted by molar-refractivity contribution is 7.89. The molecule has 1 aliphatic heterocycles. The van der Waals surface area contributed by atoms with Gasteiger partial charge in [0.2, 0.25) is 21.8 Å². The molecule has 9 heteroatoms. The molecule has 1 aliphatic rings. The van der Waals surface area contributed by atoms with Gasteiger partial charge in [-0.2, -0.15) is 4.72 Å². The van der Waals surface area contributed by atoms with Gasteiger partial charge in [0.1, 0.15) is 11.8 Å². The molecule has 0 saturated carbocycles. The van der Waals surface area contributed by atoms with Gasteiger partial charge in [0, 0.05) is 19.2 Å². The van der Waals surface area contributed by atoms with Crippen molar-refractivity contribution in [3.05, 3.63) is 83.8 Å². The van der Waals surface area contributed by atoms with Gasteiger partial charge in [0.25, 0.3) is 0 Å². The highest BCUT2D eigenvalue weighted by Gasteiger charge is 2.29. The van der Waals surface area contributed by atoms with E-state index in [0.29, 0.717) is 24.3 Å². The van der Waals surface area contributed by atoms with Gasteiger partial charge in [-0.1, -0.05) is 30.3 Å². The van der Waals surface area contributed by atoms with Crippen LogP contribution in [-0.2, 0) is 39.0 Å². The number of hydrogen-bond acceptors (Lipinski definition) is 5. The minimum atomic E-state index is -4.00. The van der Waals surface area contributed by atoms with Crippen LogP contribution in [0.4, 0.5) is 5.69 Å². The molecule has 2 amide bonds. The van der Waals surface area contributed by atoms with E-state index in [4.69, 9.17) is 4.42 Å². The molecule has 0 unspecified atom stereocenters. The van der Waals surface area contributed by atoms with Gasteiger partial charge in [0.05, 0.1) is 17.7 Å². The molecule has 1 aromatic heterocycles. The first kappa shape index (κ1) is 22.8. The zero-order chi connectivity index (χ0) is 23.4. The number of fused-ring (bicyclic) bond motifs is 1. The third-order valence-corrected chi connectivity index (χ3v) is 6.98.